The van der Waals surface area contributed by atoms with Gasteiger partial charge in [-0.25, -0.2) is 4.98 Å². The van der Waals surface area contributed by atoms with Crippen LogP contribution in [0.1, 0.15) is 6.85 Å². The summed E-state index contributed by atoms with van der Waals surface area (Å²) in [6.45, 7) is 0. The molecule has 3 aromatic heterocycles. The molecule has 9 rings (SSSR count). The molecule has 0 amide bonds. The second-order valence-electron chi connectivity index (χ2n) is 10.5. The monoisotopic (exact) mass is 569 g/mol. The van der Waals surface area contributed by atoms with E-state index in [0.29, 0.717) is 39.9 Å². The Hall–Kier alpha value is -6.07. The molecule has 0 aliphatic heterocycles. The van der Waals surface area contributed by atoms with Crippen LogP contribution < -0.4 is 0 Å². The van der Waals surface area contributed by atoms with Crippen molar-refractivity contribution in [1.29, 1.82) is 0 Å². The van der Waals surface area contributed by atoms with Crippen molar-refractivity contribution in [3.05, 3.63) is 145 Å². The van der Waals surface area contributed by atoms with Gasteiger partial charge in [0, 0.05) is 32.7 Å². The minimum atomic E-state index is -0.444. The van der Waals surface area contributed by atoms with Gasteiger partial charge >= 0.3 is 0 Å². The molecular formula is C39H24N4O. The zero-order valence-electron chi connectivity index (χ0n) is 28.2. The molecule has 5 heteroatoms. The summed E-state index contributed by atoms with van der Waals surface area (Å²) in [5.41, 5.74) is 4.78. The van der Waals surface area contributed by atoms with E-state index in [9.17, 15) is 0 Å². The van der Waals surface area contributed by atoms with Crippen molar-refractivity contribution >= 4 is 43.7 Å². The van der Waals surface area contributed by atoms with Crippen molar-refractivity contribution in [3.8, 4) is 39.9 Å². The molecule has 0 unspecified atom stereocenters. The number of fused-ring (bicyclic) bond motifs is 6. The van der Waals surface area contributed by atoms with Crippen LogP contribution in [0.5, 0.6) is 0 Å². The highest BCUT2D eigenvalue weighted by molar-refractivity contribution is 6.13. The molecular weight excluding hydrogens is 540 g/mol. The lowest BCUT2D eigenvalue weighted by Crippen LogP contribution is -2.06. The van der Waals surface area contributed by atoms with Gasteiger partial charge in [-0.05, 0) is 23.8 Å². The predicted octanol–water partition coefficient (Wildman–Crippen LogP) is 9.87. The van der Waals surface area contributed by atoms with Crippen molar-refractivity contribution in [2.75, 3.05) is 0 Å². The van der Waals surface area contributed by atoms with Gasteiger partial charge in [0.2, 0.25) is 5.95 Å². The Kier molecular flexibility index (Phi) is 4.42. The molecule has 3 heterocycles. The average molecular weight is 570 g/mol. The molecule has 0 saturated heterocycles. The molecule has 0 bridgehead atoms. The van der Waals surface area contributed by atoms with E-state index in [2.05, 4.69) is 28.8 Å². The molecule has 5 nitrogen and oxygen atoms in total. The molecule has 0 saturated carbocycles. The van der Waals surface area contributed by atoms with Crippen LogP contribution in [0, 0.1) is 0 Å². The number of nitrogens with zero attached hydrogens (tertiary/aromatic N) is 4. The second kappa shape index (κ2) is 9.75. The maximum absolute atomic E-state index is 8.63. The van der Waals surface area contributed by atoms with Crippen LogP contribution >= 0.6 is 0 Å². The molecule has 0 aliphatic rings. The predicted molar refractivity (Wildman–Crippen MR) is 178 cm³/mol. The fourth-order valence-corrected chi connectivity index (χ4v) is 6.02. The summed E-state index contributed by atoms with van der Waals surface area (Å²) in [7, 11) is 0. The maximum atomic E-state index is 8.63. The molecule has 9 aromatic rings. The Bertz CT molecular complexity index is 2710. The van der Waals surface area contributed by atoms with Gasteiger partial charge in [-0.1, -0.05) is 127 Å². The molecule has 0 N–H and O–H groups in total. The van der Waals surface area contributed by atoms with Crippen LogP contribution in [0.2, 0.25) is 0 Å². The van der Waals surface area contributed by atoms with E-state index in [0.717, 1.165) is 38.1 Å². The van der Waals surface area contributed by atoms with Crippen molar-refractivity contribution in [2.24, 2.45) is 0 Å². The zero-order chi connectivity index (χ0) is 33.4. The van der Waals surface area contributed by atoms with Crippen LogP contribution in [-0.2, 0) is 0 Å². The molecule has 0 radical (unpaired) electrons. The van der Waals surface area contributed by atoms with Gasteiger partial charge in [-0.15, -0.1) is 0 Å². The summed E-state index contributed by atoms with van der Waals surface area (Å²) in [5.74, 6) is 1.35. The summed E-state index contributed by atoms with van der Waals surface area (Å²) < 4.78 is 50.5. The number of hydrogen-bond donors (Lipinski definition) is 0. The molecule has 44 heavy (non-hydrogen) atoms. The van der Waals surface area contributed by atoms with Gasteiger partial charge < -0.3 is 4.42 Å². The van der Waals surface area contributed by atoms with Crippen molar-refractivity contribution in [2.45, 2.75) is 0 Å². The quantitative estimate of drug-likeness (QED) is 0.212. The van der Waals surface area contributed by atoms with E-state index in [1.807, 2.05) is 78.9 Å². The van der Waals surface area contributed by atoms with Gasteiger partial charge in [0.05, 0.1) is 23.5 Å². The second-order valence-corrected chi connectivity index (χ2v) is 10.5. The third-order valence-electron chi connectivity index (χ3n) is 7.97. The Morgan fingerprint density at radius 1 is 0.477 bits per heavy atom. The molecule has 0 aliphatic carbocycles. The van der Waals surface area contributed by atoms with E-state index >= 15 is 0 Å². The third-order valence-corrected chi connectivity index (χ3v) is 7.97. The summed E-state index contributed by atoms with van der Waals surface area (Å²) in [4.78, 5) is 15.1. The smallest absolute Gasteiger partial charge is 0.238 e. The van der Waals surface area contributed by atoms with Gasteiger partial charge in [-0.2, -0.15) is 9.97 Å². The van der Waals surface area contributed by atoms with Crippen LogP contribution in [-0.4, -0.2) is 19.5 Å². The van der Waals surface area contributed by atoms with Crippen molar-refractivity contribution in [1.82, 2.24) is 19.5 Å². The summed E-state index contributed by atoms with van der Waals surface area (Å²) in [6.07, 6.45) is 0. The number of hydrogen-bond acceptors (Lipinski definition) is 4. The fourth-order valence-electron chi connectivity index (χ4n) is 6.02. The fraction of sp³-hybridized carbons (Fsp3) is 0. The summed E-state index contributed by atoms with van der Waals surface area (Å²) in [5, 5.41) is 3.68. The average Bonchev–Trinajstić information content (AvgIpc) is 3.70. The first-order chi connectivity index (χ1) is 23.9. The number of para-hydroxylation sites is 4. The lowest BCUT2D eigenvalue weighted by molar-refractivity contribution is 0.670. The number of aromatic nitrogens is 4. The molecule has 0 atom stereocenters. The first-order valence-electron chi connectivity index (χ1n) is 16.7. The normalized spacial score (nSPS) is 13.2. The van der Waals surface area contributed by atoms with Gasteiger partial charge in [0.1, 0.15) is 11.2 Å². The minimum Gasteiger partial charge on any atom is -0.455 e. The van der Waals surface area contributed by atoms with E-state index in [4.69, 9.17) is 26.2 Å². The number of benzene rings is 6. The van der Waals surface area contributed by atoms with Gasteiger partial charge in [-0.3, -0.25) is 4.57 Å². The highest BCUT2D eigenvalue weighted by atomic mass is 16.3. The lowest BCUT2D eigenvalue weighted by Gasteiger charge is -2.11. The zero-order valence-corrected chi connectivity index (χ0v) is 23.2. The SMILES string of the molecule is [2H]c1c([2H])c([2H])c(-c2cccc3c2oc2c(-c4nc(-c5ccccc5)nc(-n5c6ccccc6c6ccccc65)n4)cccc23)c([2H])c1[2H]. The van der Waals surface area contributed by atoms with Crippen LogP contribution in [0.15, 0.2) is 150 Å². The molecule has 6 aromatic carbocycles. The molecule has 0 fully saturated rings. The summed E-state index contributed by atoms with van der Waals surface area (Å²) >= 11 is 0. The van der Waals surface area contributed by atoms with E-state index in [1.54, 1.807) is 12.1 Å². The molecule has 0 spiro atoms. The standard InChI is InChI=1S/C39H24N4O/c1-3-13-25(14-4-1)27-19-11-20-30-31-21-12-22-32(36(31)44-35(27)30)38-40-37(26-15-5-2-6-16-26)41-39(42-38)43-33-23-9-7-17-28(33)29-18-8-10-24-34(29)43/h1-24H/i1D,3D,4D,13D,14D. The van der Waals surface area contributed by atoms with Gasteiger partial charge in [0.15, 0.2) is 11.6 Å². The van der Waals surface area contributed by atoms with Crippen molar-refractivity contribution in [3.63, 3.8) is 0 Å². The Morgan fingerprint density at radius 2 is 1.05 bits per heavy atom. The maximum Gasteiger partial charge on any atom is 0.238 e. The number of rotatable bonds is 4. The Balaban J connectivity index is 1.33. The van der Waals surface area contributed by atoms with Crippen LogP contribution in [0.3, 0.4) is 0 Å². The topological polar surface area (TPSA) is 56.7 Å². The largest absolute Gasteiger partial charge is 0.455 e. The third kappa shape index (κ3) is 3.76. The number of furan rings is 1. The van der Waals surface area contributed by atoms with Crippen molar-refractivity contribution < 1.29 is 11.3 Å². The molecule has 206 valence electrons. The lowest BCUT2D eigenvalue weighted by atomic mass is 10.0. The van der Waals surface area contributed by atoms with E-state index in [1.165, 1.54) is 0 Å². The van der Waals surface area contributed by atoms with Crippen LogP contribution in [0.4, 0.5) is 0 Å². The Labute approximate surface area is 259 Å². The van der Waals surface area contributed by atoms with E-state index < -0.39 is 18.1 Å². The minimum absolute atomic E-state index is 0.0809. The Morgan fingerprint density at radius 3 is 1.75 bits per heavy atom. The van der Waals surface area contributed by atoms with Gasteiger partial charge in [0.25, 0.3) is 0 Å². The first-order valence-corrected chi connectivity index (χ1v) is 14.2. The van der Waals surface area contributed by atoms with E-state index in [-0.39, 0.29) is 17.6 Å². The first kappa shape index (κ1) is 19.9. The summed E-state index contributed by atoms with van der Waals surface area (Å²) in [6, 6.07) is 35.4. The highest BCUT2D eigenvalue weighted by Crippen LogP contribution is 2.40. The van der Waals surface area contributed by atoms with Crippen LogP contribution in [0.25, 0.3) is 83.6 Å². The highest BCUT2D eigenvalue weighted by Gasteiger charge is 2.21.